The first kappa shape index (κ1) is 19.5. The van der Waals surface area contributed by atoms with E-state index in [4.69, 9.17) is 4.74 Å². The van der Waals surface area contributed by atoms with Gasteiger partial charge in [-0.25, -0.2) is 0 Å². The van der Waals surface area contributed by atoms with Crippen LogP contribution in [-0.2, 0) is 4.79 Å². The second-order valence-corrected chi connectivity index (χ2v) is 8.52. The van der Waals surface area contributed by atoms with Crippen LogP contribution in [0.4, 0.5) is 10.8 Å². The van der Waals surface area contributed by atoms with Gasteiger partial charge in [-0.15, -0.1) is 10.2 Å². The van der Waals surface area contributed by atoms with Gasteiger partial charge >= 0.3 is 0 Å². The van der Waals surface area contributed by atoms with Crippen LogP contribution in [0.25, 0.3) is 0 Å². The summed E-state index contributed by atoms with van der Waals surface area (Å²) in [5.74, 6) is 0.872. The van der Waals surface area contributed by atoms with Crippen LogP contribution in [0.3, 0.4) is 0 Å². The molecule has 1 aliphatic carbocycles. The van der Waals surface area contributed by atoms with E-state index < -0.39 is 5.54 Å². The first-order valence-corrected chi connectivity index (χ1v) is 10.5. The van der Waals surface area contributed by atoms with Crippen LogP contribution < -0.4 is 15.4 Å². The van der Waals surface area contributed by atoms with Crippen molar-refractivity contribution in [3.05, 3.63) is 24.3 Å². The maximum Gasteiger partial charge on any atom is 0.231 e. The third-order valence-corrected chi connectivity index (χ3v) is 6.35. The average Bonchev–Trinajstić information content (AvgIpc) is 3.15. The van der Waals surface area contributed by atoms with Gasteiger partial charge in [-0.1, -0.05) is 42.4 Å². The fraction of sp³-hybridized carbons (Fsp3) is 0.444. The van der Waals surface area contributed by atoms with E-state index in [0.29, 0.717) is 9.47 Å². The molecule has 0 aliphatic heterocycles. The molecule has 0 spiro atoms. The molecule has 7 nitrogen and oxygen atoms in total. The van der Waals surface area contributed by atoms with Crippen molar-refractivity contribution in [1.29, 1.82) is 5.26 Å². The Hall–Kier alpha value is -2.31. The Balaban J connectivity index is 1.50. The Morgan fingerprint density at radius 1 is 1.30 bits per heavy atom. The molecule has 2 N–H and O–H groups in total. The highest BCUT2D eigenvalue weighted by Crippen LogP contribution is 2.30. The summed E-state index contributed by atoms with van der Waals surface area (Å²) >= 11 is 2.71. The first-order chi connectivity index (χ1) is 13.1. The Bertz CT molecular complexity index is 810. The van der Waals surface area contributed by atoms with Crippen molar-refractivity contribution >= 4 is 39.8 Å². The lowest BCUT2D eigenvalue weighted by Crippen LogP contribution is -2.49. The minimum atomic E-state index is -0.696. The second-order valence-electron chi connectivity index (χ2n) is 6.32. The first-order valence-electron chi connectivity index (χ1n) is 8.72. The maximum atomic E-state index is 12.3. The highest BCUT2D eigenvalue weighted by Gasteiger charge is 2.33. The van der Waals surface area contributed by atoms with E-state index in [1.807, 2.05) is 24.3 Å². The molecule has 1 saturated carbocycles. The van der Waals surface area contributed by atoms with Gasteiger partial charge in [0, 0.05) is 5.69 Å². The molecular formula is C18H21N5O2S2. The number of ether oxygens (including phenoxy) is 1. The van der Waals surface area contributed by atoms with Crippen molar-refractivity contribution in [2.24, 2.45) is 0 Å². The molecular weight excluding hydrogens is 382 g/mol. The minimum absolute atomic E-state index is 0.136. The zero-order chi connectivity index (χ0) is 19.1. The largest absolute Gasteiger partial charge is 0.497 e. The van der Waals surface area contributed by atoms with Gasteiger partial charge < -0.3 is 15.4 Å². The van der Waals surface area contributed by atoms with E-state index in [1.165, 1.54) is 23.1 Å². The molecule has 0 saturated heterocycles. The highest BCUT2D eigenvalue weighted by molar-refractivity contribution is 8.01. The van der Waals surface area contributed by atoms with Gasteiger partial charge in [-0.05, 0) is 37.1 Å². The lowest BCUT2D eigenvalue weighted by atomic mass is 9.83. The number of nitrogens with zero attached hydrogens (tertiary/aromatic N) is 3. The molecule has 3 rings (SSSR count). The third kappa shape index (κ3) is 5.34. The van der Waals surface area contributed by atoms with Crippen LogP contribution in [0, 0.1) is 11.3 Å². The van der Waals surface area contributed by atoms with Gasteiger partial charge in [0.25, 0.3) is 0 Å². The molecule has 1 aliphatic rings. The number of carbonyl (C=O) groups excluding carboxylic acids is 1. The van der Waals surface area contributed by atoms with Crippen molar-refractivity contribution < 1.29 is 9.53 Å². The summed E-state index contributed by atoms with van der Waals surface area (Å²) in [5, 5.41) is 24.4. The number of hydrogen-bond donors (Lipinski definition) is 2. The van der Waals surface area contributed by atoms with E-state index >= 15 is 0 Å². The van der Waals surface area contributed by atoms with E-state index in [0.717, 1.165) is 43.5 Å². The molecule has 1 amide bonds. The standard InChI is InChI=1S/C18H21N5O2S2/c1-25-14-7-5-13(6-8-14)20-16-22-23-17(27-16)26-11-15(24)21-18(12-19)9-3-2-4-10-18/h5-8H,2-4,9-11H2,1H3,(H,20,22)(H,21,24). The quantitative estimate of drug-likeness (QED) is 0.680. The monoisotopic (exact) mass is 403 g/mol. The smallest absolute Gasteiger partial charge is 0.231 e. The van der Waals surface area contributed by atoms with Crippen LogP contribution in [0.1, 0.15) is 32.1 Å². The van der Waals surface area contributed by atoms with Gasteiger partial charge in [-0.3, -0.25) is 4.79 Å². The molecule has 0 unspecified atom stereocenters. The number of anilines is 2. The number of aromatic nitrogens is 2. The van der Waals surface area contributed by atoms with E-state index in [1.54, 1.807) is 7.11 Å². The second kappa shape index (κ2) is 9.06. The molecule has 0 radical (unpaired) electrons. The molecule has 0 bridgehead atoms. The average molecular weight is 404 g/mol. The van der Waals surface area contributed by atoms with Gasteiger partial charge in [-0.2, -0.15) is 5.26 Å². The number of rotatable bonds is 7. The Morgan fingerprint density at radius 3 is 2.70 bits per heavy atom. The van der Waals surface area contributed by atoms with Crippen LogP contribution in [0.15, 0.2) is 28.6 Å². The topological polar surface area (TPSA) is 99.9 Å². The zero-order valence-corrected chi connectivity index (χ0v) is 16.7. The van der Waals surface area contributed by atoms with E-state index in [9.17, 15) is 10.1 Å². The van der Waals surface area contributed by atoms with Crippen molar-refractivity contribution in [3.63, 3.8) is 0 Å². The van der Waals surface area contributed by atoms with Crippen LogP contribution in [0.2, 0.25) is 0 Å². The zero-order valence-electron chi connectivity index (χ0n) is 15.0. The van der Waals surface area contributed by atoms with Crippen molar-refractivity contribution in [1.82, 2.24) is 15.5 Å². The number of nitriles is 1. The molecule has 0 atom stereocenters. The van der Waals surface area contributed by atoms with Crippen LogP contribution >= 0.6 is 23.1 Å². The number of carbonyl (C=O) groups is 1. The number of nitrogens with one attached hydrogen (secondary N) is 2. The van der Waals surface area contributed by atoms with Crippen LogP contribution in [-0.4, -0.2) is 34.5 Å². The minimum Gasteiger partial charge on any atom is -0.497 e. The summed E-state index contributed by atoms with van der Waals surface area (Å²) in [5.41, 5.74) is 0.187. The molecule has 1 heterocycles. The molecule has 142 valence electrons. The number of benzene rings is 1. The number of thioether (sulfide) groups is 1. The van der Waals surface area contributed by atoms with Gasteiger partial charge in [0.1, 0.15) is 11.3 Å². The highest BCUT2D eigenvalue weighted by atomic mass is 32.2. The summed E-state index contributed by atoms with van der Waals surface area (Å²) in [6, 6.07) is 9.81. The maximum absolute atomic E-state index is 12.3. The molecule has 27 heavy (non-hydrogen) atoms. The molecule has 1 aromatic heterocycles. The van der Waals surface area contributed by atoms with E-state index in [2.05, 4.69) is 26.9 Å². The Labute approximate surface area is 166 Å². The normalized spacial score (nSPS) is 15.6. The van der Waals surface area contributed by atoms with Crippen molar-refractivity contribution in [2.45, 2.75) is 42.0 Å². The fourth-order valence-corrected chi connectivity index (χ4v) is 4.54. The molecule has 1 aromatic carbocycles. The van der Waals surface area contributed by atoms with Crippen molar-refractivity contribution in [2.75, 3.05) is 18.2 Å². The Morgan fingerprint density at radius 2 is 2.04 bits per heavy atom. The third-order valence-electron chi connectivity index (χ3n) is 4.37. The molecule has 9 heteroatoms. The molecule has 1 fully saturated rings. The molecule has 2 aromatic rings. The Kier molecular flexibility index (Phi) is 6.53. The lowest BCUT2D eigenvalue weighted by molar-refractivity contribution is -0.120. The SMILES string of the molecule is COc1ccc(Nc2nnc(SCC(=O)NC3(C#N)CCCCC3)s2)cc1. The summed E-state index contributed by atoms with van der Waals surface area (Å²) in [6.45, 7) is 0. The fourth-order valence-electron chi connectivity index (χ4n) is 2.97. The van der Waals surface area contributed by atoms with Gasteiger partial charge in [0.15, 0.2) is 4.34 Å². The number of amides is 1. The summed E-state index contributed by atoms with van der Waals surface area (Å²) < 4.78 is 5.84. The predicted octanol–water partition coefficient (Wildman–Crippen LogP) is 3.73. The number of hydrogen-bond acceptors (Lipinski definition) is 8. The van der Waals surface area contributed by atoms with E-state index in [-0.39, 0.29) is 11.7 Å². The summed E-state index contributed by atoms with van der Waals surface area (Å²) in [6.07, 6.45) is 4.56. The summed E-state index contributed by atoms with van der Waals surface area (Å²) in [4.78, 5) is 12.3. The van der Waals surface area contributed by atoms with Crippen molar-refractivity contribution in [3.8, 4) is 11.8 Å². The van der Waals surface area contributed by atoms with Crippen LogP contribution in [0.5, 0.6) is 5.75 Å². The van der Waals surface area contributed by atoms with Gasteiger partial charge in [0.2, 0.25) is 11.0 Å². The van der Waals surface area contributed by atoms with Gasteiger partial charge in [0.05, 0.1) is 18.9 Å². The predicted molar refractivity (Wildman–Crippen MR) is 106 cm³/mol. The lowest BCUT2D eigenvalue weighted by Gasteiger charge is -2.31. The summed E-state index contributed by atoms with van der Waals surface area (Å²) in [7, 11) is 1.62. The number of methoxy groups -OCH3 is 1.